The fourth-order valence-corrected chi connectivity index (χ4v) is 4.64. The average Bonchev–Trinajstić information content (AvgIpc) is 3.01. The van der Waals surface area contributed by atoms with E-state index in [0.717, 1.165) is 56.5 Å². The van der Waals surface area contributed by atoms with Gasteiger partial charge in [0.15, 0.2) is 0 Å². The minimum absolute atomic E-state index is 0.0994. The van der Waals surface area contributed by atoms with Gasteiger partial charge in [-0.05, 0) is 88.3 Å². The highest BCUT2D eigenvalue weighted by Crippen LogP contribution is 2.31. The third kappa shape index (κ3) is 13.5. The van der Waals surface area contributed by atoms with Gasteiger partial charge < -0.3 is 36.3 Å². The van der Waals surface area contributed by atoms with Gasteiger partial charge in [-0.2, -0.15) is 0 Å². The number of aliphatic carboxylic acids is 1. The van der Waals surface area contributed by atoms with Gasteiger partial charge in [-0.15, -0.1) is 0 Å². The van der Waals surface area contributed by atoms with Crippen molar-refractivity contribution in [3.05, 3.63) is 76.7 Å². The van der Waals surface area contributed by atoms with Crippen LogP contribution >= 0.6 is 0 Å². The summed E-state index contributed by atoms with van der Waals surface area (Å²) in [5.41, 5.74) is 12.4. The van der Waals surface area contributed by atoms with E-state index >= 15 is 0 Å². The number of nitrogens with zero attached hydrogens (tertiary/aromatic N) is 2. The van der Waals surface area contributed by atoms with Gasteiger partial charge in [0.25, 0.3) is 0 Å². The maximum Gasteiger partial charge on any atom is 0.410 e. The van der Waals surface area contributed by atoms with Gasteiger partial charge in [0.2, 0.25) is 6.41 Å². The fourth-order valence-electron chi connectivity index (χ4n) is 4.64. The molecule has 1 aliphatic heterocycles. The van der Waals surface area contributed by atoms with Crippen LogP contribution < -0.4 is 16.8 Å². The molecule has 2 aromatic carbocycles. The zero-order valence-electron chi connectivity index (χ0n) is 28.0. The Balaban J connectivity index is 0.000000411. The molecule has 47 heavy (non-hydrogen) atoms. The number of urea groups is 1. The summed E-state index contributed by atoms with van der Waals surface area (Å²) in [5.74, 6) is -1.45. The Morgan fingerprint density at radius 2 is 1.70 bits per heavy atom. The topological polar surface area (TPSA) is 185 Å². The van der Waals surface area contributed by atoms with E-state index in [1.807, 2.05) is 39.6 Å². The van der Waals surface area contributed by atoms with Crippen molar-refractivity contribution in [2.24, 2.45) is 11.5 Å². The van der Waals surface area contributed by atoms with Crippen molar-refractivity contribution in [3.63, 3.8) is 0 Å². The second-order valence-corrected chi connectivity index (χ2v) is 11.8. The van der Waals surface area contributed by atoms with Gasteiger partial charge >= 0.3 is 18.1 Å². The number of carbonyl (C=O) groups is 5. The van der Waals surface area contributed by atoms with Gasteiger partial charge in [0.05, 0.1) is 5.57 Å². The second-order valence-electron chi connectivity index (χ2n) is 11.8. The van der Waals surface area contributed by atoms with Gasteiger partial charge in [0, 0.05) is 37.9 Å². The zero-order valence-corrected chi connectivity index (χ0v) is 28.0. The molecule has 0 aromatic heterocycles. The number of nitrogens with two attached hydrogens (primary N) is 2. The van der Waals surface area contributed by atoms with E-state index in [2.05, 4.69) is 29.6 Å². The summed E-state index contributed by atoms with van der Waals surface area (Å²) >= 11 is 0. The maximum absolute atomic E-state index is 13.0. The van der Waals surface area contributed by atoms with Crippen LogP contribution in [0.3, 0.4) is 0 Å². The molecule has 258 valence electrons. The number of likely N-dealkylation sites (tertiary alicyclic amines) is 1. The van der Waals surface area contributed by atoms with E-state index in [4.69, 9.17) is 16.2 Å². The minimum atomic E-state index is -1.42. The Bertz CT molecular complexity index is 1360. The summed E-state index contributed by atoms with van der Waals surface area (Å²) in [6.07, 6.45) is 4.51. The Morgan fingerprint density at radius 1 is 1.11 bits per heavy atom. The van der Waals surface area contributed by atoms with Crippen molar-refractivity contribution in [1.82, 2.24) is 9.80 Å². The minimum Gasteiger partial charge on any atom is -0.478 e. The lowest BCUT2D eigenvalue weighted by atomic mass is 9.89. The molecular weight excluding hydrogens is 609 g/mol. The summed E-state index contributed by atoms with van der Waals surface area (Å²) in [7, 11) is 1.93. The van der Waals surface area contributed by atoms with Crippen molar-refractivity contribution in [1.29, 1.82) is 0 Å². The third-order valence-electron chi connectivity index (χ3n) is 6.96. The number of piperidine rings is 1. The lowest BCUT2D eigenvalue weighted by molar-refractivity contribution is -0.133. The number of anilines is 1. The Morgan fingerprint density at radius 3 is 2.11 bits per heavy atom. The Hall–Kier alpha value is -4.94. The Labute approximate surface area is 275 Å². The van der Waals surface area contributed by atoms with Crippen molar-refractivity contribution in [2.45, 2.75) is 77.9 Å². The molecule has 3 rings (SSSR count). The molecule has 1 unspecified atom stereocenters. The smallest absolute Gasteiger partial charge is 0.410 e. The van der Waals surface area contributed by atoms with Crippen molar-refractivity contribution >= 4 is 36.5 Å². The number of hydrogen-bond donors (Lipinski definition) is 4. The molecule has 1 heterocycles. The molecule has 1 saturated heterocycles. The van der Waals surface area contributed by atoms with Crippen LogP contribution in [0.5, 0.6) is 0 Å². The van der Waals surface area contributed by atoms with E-state index in [1.165, 1.54) is 24.6 Å². The predicted molar refractivity (Wildman–Crippen MR) is 178 cm³/mol. The number of imide groups is 1. The lowest BCUT2D eigenvalue weighted by Crippen LogP contribution is -2.41. The highest BCUT2D eigenvalue weighted by molar-refractivity contribution is 5.93. The molecule has 1 fully saturated rings. The van der Waals surface area contributed by atoms with Gasteiger partial charge in [-0.25, -0.2) is 18.8 Å². The van der Waals surface area contributed by atoms with Crippen LogP contribution in [0.4, 0.5) is 19.7 Å². The number of ether oxygens (including phenoxy) is 1. The van der Waals surface area contributed by atoms with Crippen molar-refractivity contribution in [2.75, 3.05) is 25.5 Å². The number of benzene rings is 2. The molecule has 0 bridgehead atoms. The first-order chi connectivity index (χ1) is 22.1. The SMILES string of the molecule is C/C(N)=C(\C(=O)O)C(c1ccc(F)cc1)N(C=O)C(N)=O.CCCC=O.CNc1cccc(C2CCN(C(=O)OC(C)(C)C)CC2)c1. The Kier molecular flexibility index (Phi) is 16.7. The first kappa shape index (κ1) is 40.1. The first-order valence-electron chi connectivity index (χ1n) is 15.3. The number of aldehydes is 1. The number of carbonyl (C=O) groups excluding carboxylic acids is 4. The largest absolute Gasteiger partial charge is 0.478 e. The zero-order chi connectivity index (χ0) is 35.7. The molecule has 13 heteroatoms. The fraction of sp³-hybridized carbons (Fsp3) is 0.441. The van der Waals surface area contributed by atoms with E-state index in [9.17, 15) is 33.5 Å². The number of unbranched alkanes of at least 4 members (excludes halogenated alkanes) is 1. The maximum atomic E-state index is 13.0. The number of halogens is 1. The number of hydrogen-bond acceptors (Lipinski definition) is 8. The van der Waals surface area contributed by atoms with Crippen LogP contribution in [0.2, 0.25) is 0 Å². The van der Waals surface area contributed by atoms with Crippen molar-refractivity contribution < 1.29 is 38.2 Å². The quantitative estimate of drug-likeness (QED) is 0.198. The average molecular weight is 658 g/mol. The number of allylic oxidation sites excluding steroid dienone is 1. The summed E-state index contributed by atoms with van der Waals surface area (Å²) in [6.45, 7) is 10.5. The normalized spacial score (nSPS) is 14.1. The summed E-state index contributed by atoms with van der Waals surface area (Å²) < 4.78 is 18.4. The van der Waals surface area contributed by atoms with Crippen LogP contribution in [0, 0.1) is 5.82 Å². The van der Waals surface area contributed by atoms with Crippen LogP contribution in [0.15, 0.2) is 59.8 Å². The molecule has 1 aliphatic rings. The number of nitrogens with one attached hydrogen (secondary N) is 1. The van der Waals surface area contributed by atoms with Crippen LogP contribution in [0.1, 0.15) is 83.4 Å². The molecule has 0 spiro atoms. The van der Waals surface area contributed by atoms with Crippen LogP contribution in [-0.2, 0) is 19.1 Å². The summed E-state index contributed by atoms with van der Waals surface area (Å²) in [6, 6.07) is 10.7. The highest BCUT2D eigenvalue weighted by atomic mass is 19.1. The molecule has 2 aromatic rings. The number of rotatable bonds is 9. The van der Waals surface area contributed by atoms with Crippen LogP contribution in [0.25, 0.3) is 0 Å². The number of primary amides is 1. The summed E-state index contributed by atoms with van der Waals surface area (Å²) in [5, 5.41) is 12.4. The van der Waals surface area contributed by atoms with Crippen LogP contribution in [-0.4, -0.2) is 71.4 Å². The second kappa shape index (κ2) is 19.5. The van der Waals surface area contributed by atoms with Crippen molar-refractivity contribution in [3.8, 4) is 0 Å². The van der Waals surface area contributed by atoms with Gasteiger partial charge in [0.1, 0.15) is 23.7 Å². The van der Waals surface area contributed by atoms with Gasteiger partial charge in [-0.1, -0.05) is 31.2 Å². The van der Waals surface area contributed by atoms with E-state index in [1.54, 1.807) is 0 Å². The molecule has 12 nitrogen and oxygen atoms in total. The number of carboxylic acids is 1. The predicted octanol–water partition coefficient (Wildman–Crippen LogP) is 5.55. The molecule has 1 atom stereocenters. The summed E-state index contributed by atoms with van der Waals surface area (Å²) in [4.78, 5) is 57.5. The first-order valence-corrected chi connectivity index (χ1v) is 15.3. The number of carboxylic acid groups (broad SMARTS) is 1. The molecule has 6 N–H and O–H groups in total. The molecular formula is C34H48FN5O7. The molecule has 4 amide bonds. The van der Waals surface area contributed by atoms with E-state index in [0.29, 0.717) is 17.2 Å². The molecule has 0 saturated carbocycles. The monoisotopic (exact) mass is 657 g/mol. The van der Waals surface area contributed by atoms with E-state index in [-0.39, 0.29) is 23.8 Å². The third-order valence-corrected chi connectivity index (χ3v) is 6.96. The number of amides is 4. The van der Waals surface area contributed by atoms with E-state index < -0.39 is 35.0 Å². The molecule has 0 radical (unpaired) electrons. The standard InChI is InChI=1S/C17H26N2O2.C13H14FN3O4.C4H8O/c1-17(2,3)21-16(20)19-10-8-13(9-11-19)14-6-5-7-15(12-14)18-4;1-7(15)10(12(19)20)11(17(6-18)13(16)21)8-2-4-9(14)5-3-8;1-2-3-4-5/h5-7,12-13,18H,8-11H2,1-4H3;2-6,11H,15H2,1H3,(H2,16,21)(H,19,20);4H,2-3H2,1H3/b;10-7+;. The van der Waals surface area contributed by atoms with Gasteiger partial charge in [-0.3, -0.25) is 9.69 Å². The molecule has 0 aliphatic carbocycles. The highest BCUT2D eigenvalue weighted by Gasteiger charge is 2.32. The lowest BCUT2D eigenvalue weighted by Gasteiger charge is -2.33.